The van der Waals surface area contributed by atoms with Gasteiger partial charge in [0.05, 0.1) is 0 Å². The van der Waals surface area contributed by atoms with Crippen LogP contribution in [0.3, 0.4) is 0 Å². The number of rotatable bonds is 0. The molecule has 70 valence electrons. The van der Waals surface area contributed by atoms with E-state index in [4.69, 9.17) is 31.9 Å². The molecule has 0 aromatic rings. The second kappa shape index (κ2) is 9.04. The maximum absolute atomic E-state index is 10.2. The zero-order valence-electron chi connectivity index (χ0n) is 5.48. The molecule has 0 bridgehead atoms. The van der Waals surface area contributed by atoms with Crippen LogP contribution in [0, 0.1) is 0 Å². The minimum absolute atomic E-state index is 0. The molecule has 7 nitrogen and oxygen atoms in total. The normalized spacial score (nSPS) is 13.8. The molecule has 0 heterocycles. The molecule has 0 aliphatic heterocycles. The summed E-state index contributed by atoms with van der Waals surface area (Å²) in [6.07, 6.45) is 0. The van der Waals surface area contributed by atoms with E-state index in [1.807, 2.05) is 0 Å². The fourth-order valence-electron chi connectivity index (χ4n) is 0. The minimum atomic E-state index is -5.39. The number of hydrogen-bond acceptors (Lipinski definition) is 6. The van der Waals surface area contributed by atoms with Crippen molar-refractivity contribution >= 4 is 18.3 Å². The van der Waals surface area contributed by atoms with Gasteiger partial charge in [0.2, 0.25) is 0 Å². The maximum Gasteiger partial charge on any atom is 2.00 e. The van der Waals surface area contributed by atoms with E-state index in [1.54, 1.807) is 0 Å². The third-order valence-electron chi connectivity index (χ3n) is 0. The Labute approximate surface area is 100 Å². The molecule has 0 spiro atoms. The smallest absolute Gasteiger partial charge is 0.759 e. The summed E-state index contributed by atoms with van der Waals surface area (Å²) in [6, 6.07) is 0. The van der Waals surface area contributed by atoms with Gasteiger partial charge in [0.25, 0.3) is 0 Å². The first-order chi connectivity index (χ1) is 4.00. The van der Waals surface area contributed by atoms with Crippen molar-refractivity contribution in [3.8, 4) is 0 Å². The van der Waals surface area contributed by atoms with Crippen molar-refractivity contribution in [2.45, 2.75) is 0 Å². The molecule has 0 fully saturated rings. The van der Waals surface area contributed by atoms with Crippen LogP contribution in [0.15, 0.2) is 0 Å². The zero-order valence-corrected chi connectivity index (χ0v) is 10.3. The molecule has 0 aliphatic carbocycles. The van der Waals surface area contributed by atoms with Gasteiger partial charge < -0.3 is 18.9 Å². The zero-order chi connectivity index (χ0) is 9.00. The Morgan fingerprint density at radius 2 is 1.33 bits per heavy atom. The summed E-state index contributed by atoms with van der Waals surface area (Å²) in [5.74, 6) is 0. The summed E-state index contributed by atoms with van der Waals surface area (Å²) in [5.41, 5.74) is 0. The van der Waals surface area contributed by atoms with Gasteiger partial charge in [0.1, 0.15) is 0 Å². The van der Waals surface area contributed by atoms with Crippen LogP contribution >= 0.6 is 7.91 Å². The van der Waals surface area contributed by atoms with Gasteiger partial charge in [-0.05, 0) is 0 Å². The van der Waals surface area contributed by atoms with Gasteiger partial charge in [0.15, 0.2) is 0 Å². The largest absolute Gasteiger partial charge is 2.00 e. The molecule has 0 amide bonds. The quantitative estimate of drug-likeness (QED) is 0.202. The monoisotopic (exact) mass is 274 g/mol. The first-order valence-electron chi connectivity index (χ1n) is 1.40. The van der Waals surface area contributed by atoms with Crippen LogP contribution in [-0.2, 0) is 32.0 Å². The summed E-state index contributed by atoms with van der Waals surface area (Å²) in [4.78, 5) is 15.4. The predicted octanol–water partition coefficient (Wildman–Crippen LogP) is -4.92. The van der Waals surface area contributed by atoms with Crippen LogP contribution in [0.2, 0.25) is 0 Å². The molecule has 0 aromatic heterocycles. The molecule has 1 N–H and O–H groups in total. The molecule has 12 heavy (non-hydrogen) atoms. The van der Waals surface area contributed by atoms with Crippen LogP contribution < -0.4 is 34.5 Å². The molecule has 0 saturated carbocycles. The van der Waals surface area contributed by atoms with Crippen molar-refractivity contribution in [3.63, 3.8) is 0 Å². The van der Waals surface area contributed by atoms with Crippen molar-refractivity contribution in [2.75, 3.05) is 0 Å². The van der Waals surface area contributed by atoms with E-state index in [1.165, 1.54) is 0 Å². The Hall–Kier alpha value is 1.47. The molecule has 0 aromatic carbocycles. The fourth-order valence-corrected chi connectivity index (χ4v) is 0. The molecule has 0 aliphatic rings. The van der Waals surface area contributed by atoms with Crippen molar-refractivity contribution in [3.05, 3.63) is 0 Å². The fraction of sp³-hybridized carbons (Fsp3) is 0. The SMILES string of the molecule is O=P([O-])(O)F.O=S(=O)([O-])[O-].[Fe+2].[Na+]. The topological polar surface area (TPSA) is 141 Å². The third-order valence-corrected chi connectivity index (χ3v) is 0. The summed E-state index contributed by atoms with van der Waals surface area (Å²) in [6.45, 7) is 0. The van der Waals surface area contributed by atoms with Crippen LogP contribution in [0.1, 0.15) is 0 Å². The Balaban J connectivity index is -0.0000000457. The van der Waals surface area contributed by atoms with Gasteiger partial charge in [-0.15, -0.1) is 0 Å². The Morgan fingerprint density at radius 3 is 1.33 bits per heavy atom. The summed E-state index contributed by atoms with van der Waals surface area (Å²) >= 11 is 0. The standard InChI is InChI=1S/FH2O3P.Fe.Na.H2O4S/c1-5(2,3)4;;;1-5(2,3)4/h(H2,2,3,4);;;(H2,1,2,3,4)/q;+2;+1;/p-3. The summed E-state index contributed by atoms with van der Waals surface area (Å²) in [7, 11) is -10.6. The molecule has 12 heteroatoms. The first kappa shape index (κ1) is 23.4. The predicted molar refractivity (Wildman–Crippen MR) is 21.4 cm³/mol. The third kappa shape index (κ3) is 582. The van der Waals surface area contributed by atoms with Gasteiger partial charge in [-0.25, -0.2) is 0 Å². The number of halogens is 1. The van der Waals surface area contributed by atoms with Gasteiger partial charge in [0, 0.05) is 10.4 Å². The Bertz CT molecular complexity index is 201. The maximum atomic E-state index is 10.2. The van der Waals surface area contributed by atoms with E-state index in [2.05, 4.69) is 0 Å². The minimum Gasteiger partial charge on any atom is -0.759 e. The second-order valence-corrected chi connectivity index (χ2v) is 2.58. The van der Waals surface area contributed by atoms with Crippen molar-refractivity contribution < 1.29 is 82.7 Å². The summed E-state index contributed by atoms with van der Waals surface area (Å²) < 4.78 is 52.9. The van der Waals surface area contributed by atoms with Crippen molar-refractivity contribution in [2.24, 2.45) is 0 Å². The van der Waals surface area contributed by atoms with Crippen LogP contribution in [0.25, 0.3) is 0 Å². The molecular formula is HFFeNaO7PS. The molecular weight excluding hydrogens is 273 g/mol. The molecule has 1 unspecified atom stereocenters. The average Bonchev–Trinajstić information content (AvgIpc) is 1.12. The van der Waals surface area contributed by atoms with Crippen molar-refractivity contribution in [1.29, 1.82) is 0 Å². The molecule has 0 radical (unpaired) electrons. The van der Waals surface area contributed by atoms with Gasteiger partial charge in [-0.1, -0.05) is 0 Å². The number of hydrogen-bond donors (Lipinski definition) is 1. The molecule has 0 saturated heterocycles. The first-order valence-corrected chi connectivity index (χ1v) is 4.20. The van der Waals surface area contributed by atoms with E-state index in [0.717, 1.165) is 0 Å². The van der Waals surface area contributed by atoms with Crippen LogP contribution in [-0.4, -0.2) is 22.4 Å². The Kier molecular flexibility index (Phi) is 17.6. The van der Waals surface area contributed by atoms with Gasteiger partial charge in [-0.2, -0.15) is 4.20 Å². The van der Waals surface area contributed by atoms with E-state index >= 15 is 0 Å². The Morgan fingerprint density at radius 1 is 1.33 bits per heavy atom. The van der Waals surface area contributed by atoms with E-state index < -0.39 is 18.3 Å². The van der Waals surface area contributed by atoms with E-state index in [0.29, 0.717) is 0 Å². The van der Waals surface area contributed by atoms with Crippen LogP contribution in [0.5, 0.6) is 0 Å². The molecule has 1 atom stereocenters. The summed E-state index contributed by atoms with van der Waals surface area (Å²) in [5, 5.41) is 0. The molecule has 0 rings (SSSR count). The van der Waals surface area contributed by atoms with Crippen LogP contribution in [0.4, 0.5) is 4.20 Å². The van der Waals surface area contributed by atoms with Gasteiger partial charge in [-0.3, -0.25) is 13.0 Å². The van der Waals surface area contributed by atoms with E-state index in [9.17, 15) is 4.20 Å². The van der Waals surface area contributed by atoms with Crippen molar-refractivity contribution in [1.82, 2.24) is 0 Å². The second-order valence-electron chi connectivity index (χ2n) is 0.860. The average molecular weight is 274 g/mol. The van der Waals surface area contributed by atoms with Gasteiger partial charge >= 0.3 is 54.5 Å². The van der Waals surface area contributed by atoms with E-state index in [-0.39, 0.29) is 46.6 Å².